The Morgan fingerprint density at radius 2 is 2.13 bits per heavy atom. The third-order valence-corrected chi connectivity index (χ3v) is 4.15. The van der Waals surface area contributed by atoms with Gasteiger partial charge in [-0.05, 0) is 12.8 Å². The number of hydrogen-bond acceptors (Lipinski definition) is 5. The molecule has 0 spiro atoms. The van der Waals surface area contributed by atoms with Crippen molar-refractivity contribution in [2.45, 2.75) is 33.4 Å². The minimum absolute atomic E-state index is 0.141. The Labute approximate surface area is 134 Å². The fourth-order valence-electron chi connectivity index (χ4n) is 2.97. The molecule has 2 aromatic rings. The second-order valence-electron chi connectivity index (χ2n) is 6.43. The summed E-state index contributed by atoms with van der Waals surface area (Å²) >= 11 is 0. The highest BCUT2D eigenvalue weighted by Gasteiger charge is 2.31. The van der Waals surface area contributed by atoms with E-state index < -0.39 is 0 Å². The van der Waals surface area contributed by atoms with E-state index in [4.69, 9.17) is 0 Å². The number of nitrogens with one attached hydrogen (secondary N) is 1. The third-order valence-electron chi connectivity index (χ3n) is 4.15. The maximum absolute atomic E-state index is 12.5. The Bertz CT molecular complexity index is 765. The summed E-state index contributed by atoms with van der Waals surface area (Å²) in [5.74, 6) is 0.953. The van der Waals surface area contributed by atoms with E-state index in [2.05, 4.69) is 33.8 Å². The molecule has 1 amide bonds. The van der Waals surface area contributed by atoms with E-state index in [1.165, 1.54) is 16.9 Å². The van der Waals surface area contributed by atoms with Crippen molar-refractivity contribution in [2.24, 2.45) is 5.92 Å². The van der Waals surface area contributed by atoms with Gasteiger partial charge < -0.3 is 4.90 Å². The number of piperazine rings is 1. The summed E-state index contributed by atoms with van der Waals surface area (Å²) in [6, 6.07) is 1.28. The maximum Gasteiger partial charge on any atom is 0.274 e. The molecule has 1 atom stereocenters. The molecular formula is C15H22N6O2. The number of nitrogens with zero attached hydrogens (tertiary/aromatic N) is 5. The highest BCUT2D eigenvalue weighted by atomic mass is 16.2. The number of aromatic amines is 1. The number of carbonyl (C=O) groups excluding carboxylic acids is 1. The fraction of sp³-hybridized carbons (Fsp3) is 0.600. The number of hydrogen-bond donors (Lipinski definition) is 1. The van der Waals surface area contributed by atoms with Crippen LogP contribution in [-0.4, -0.2) is 61.0 Å². The van der Waals surface area contributed by atoms with Crippen molar-refractivity contribution in [3.05, 3.63) is 28.4 Å². The molecular weight excluding hydrogens is 296 g/mol. The molecule has 8 heteroatoms. The summed E-state index contributed by atoms with van der Waals surface area (Å²) in [7, 11) is 0. The largest absolute Gasteiger partial charge is 0.340 e. The van der Waals surface area contributed by atoms with Gasteiger partial charge in [0.15, 0.2) is 0 Å². The fourth-order valence-corrected chi connectivity index (χ4v) is 2.97. The van der Waals surface area contributed by atoms with Gasteiger partial charge in [-0.25, -0.2) is 9.97 Å². The van der Waals surface area contributed by atoms with Gasteiger partial charge in [-0.15, -0.1) is 0 Å². The lowest BCUT2D eigenvalue weighted by Gasteiger charge is -2.39. The summed E-state index contributed by atoms with van der Waals surface area (Å²) in [5, 5.41) is 2.71. The van der Waals surface area contributed by atoms with Crippen LogP contribution >= 0.6 is 0 Å². The smallest absolute Gasteiger partial charge is 0.274 e. The first-order valence-corrected chi connectivity index (χ1v) is 7.90. The zero-order chi connectivity index (χ0) is 16.6. The van der Waals surface area contributed by atoms with Crippen LogP contribution in [0.25, 0.3) is 5.78 Å². The van der Waals surface area contributed by atoms with Gasteiger partial charge in [0.25, 0.3) is 11.3 Å². The number of fused-ring (bicyclic) bond motifs is 1. The van der Waals surface area contributed by atoms with Crippen molar-refractivity contribution >= 4 is 11.7 Å². The van der Waals surface area contributed by atoms with Crippen LogP contribution in [0.1, 0.15) is 26.5 Å². The molecule has 0 radical (unpaired) electrons. The highest BCUT2D eigenvalue weighted by molar-refractivity contribution is 5.82. The Morgan fingerprint density at radius 1 is 1.35 bits per heavy atom. The lowest BCUT2D eigenvalue weighted by molar-refractivity contribution is -0.141. The van der Waals surface area contributed by atoms with Gasteiger partial charge in [-0.1, -0.05) is 13.8 Å². The van der Waals surface area contributed by atoms with Crippen LogP contribution < -0.4 is 5.56 Å². The molecule has 0 aliphatic carbocycles. The van der Waals surface area contributed by atoms with Crippen molar-refractivity contribution in [3.63, 3.8) is 0 Å². The van der Waals surface area contributed by atoms with Crippen LogP contribution in [0, 0.1) is 5.92 Å². The summed E-state index contributed by atoms with van der Waals surface area (Å²) in [5.41, 5.74) is 0.444. The van der Waals surface area contributed by atoms with Crippen molar-refractivity contribution in [1.29, 1.82) is 0 Å². The second kappa shape index (κ2) is 6.11. The highest BCUT2D eigenvalue weighted by Crippen LogP contribution is 2.15. The molecule has 1 aliphatic rings. The lowest BCUT2D eigenvalue weighted by atomic mass is 10.1. The predicted octanol–water partition coefficient (Wildman–Crippen LogP) is 0.106. The normalized spacial score (nSPS) is 19.9. The van der Waals surface area contributed by atoms with E-state index in [-0.39, 0.29) is 17.5 Å². The van der Waals surface area contributed by atoms with E-state index in [1.807, 2.05) is 11.8 Å². The van der Waals surface area contributed by atoms with Gasteiger partial charge >= 0.3 is 0 Å². The van der Waals surface area contributed by atoms with Crippen LogP contribution in [0.3, 0.4) is 0 Å². The Hall–Kier alpha value is -2.22. The van der Waals surface area contributed by atoms with Gasteiger partial charge in [0, 0.05) is 32.2 Å². The van der Waals surface area contributed by atoms with E-state index in [0.29, 0.717) is 30.5 Å². The summed E-state index contributed by atoms with van der Waals surface area (Å²) in [6.45, 7) is 8.89. The second-order valence-corrected chi connectivity index (χ2v) is 6.43. The van der Waals surface area contributed by atoms with Crippen molar-refractivity contribution < 1.29 is 4.79 Å². The first-order chi connectivity index (χ1) is 11.0. The average Bonchev–Trinajstić information content (AvgIpc) is 2.95. The van der Waals surface area contributed by atoms with E-state index in [0.717, 1.165) is 13.1 Å². The van der Waals surface area contributed by atoms with Crippen LogP contribution in [0.4, 0.5) is 0 Å². The molecule has 23 heavy (non-hydrogen) atoms. The molecule has 0 saturated carbocycles. The van der Waals surface area contributed by atoms with E-state index in [9.17, 15) is 9.59 Å². The third kappa shape index (κ3) is 3.12. The first-order valence-electron chi connectivity index (χ1n) is 7.90. The quantitative estimate of drug-likeness (QED) is 0.864. The van der Waals surface area contributed by atoms with Gasteiger partial charge in [0.05, 0.1) is 11.7 Å². The Kier molecular flexibility index (Phi) is 4.16. The number of amides is 1. The molecule has 124 valence electrons. The molecule has 3 rings (SSSR count). The van der Waals surface area contributed by atoms with E-state index >= 15 is 0 Å². The van der Waals surface area contributed by atoms with Crippen LogP contribution in [0.2, 0.25) is 0 Å². The number of rotatable bonds is 4. The van der Waals surface area contributed by atoms with Crippen molar-refractivity contribution in [3.8, 4) is 0 Å². The van der Waals surface area contributed by atoms with Crippen molar-refractivity contribution in [2.75, 3.05) is 19.6 Å². The summed E-state index contributed by atoms with van der Waals surface area (Å²) in [6.07, 6.45) is 1.43. The van der Waals surface area contributed by atoms with Crippen LogP contribution in [0.5, 0.6) is 0 Å². The van der Waals surface area contributed by atoms with Crippen molar-refractivity contribution in [1.82, 2.24) is 29.4 Å². The molecule has 8 nitrogen and oxygen atoms in total. The van der Waals surface area contributed by atoms with Gasteiger partial charge in [-0.3, -0.25) is 19.6 Å². The van der Waals surface area contributed by atoms with E-state index in [1.54, 1.807) is 0 Å². The molecule has 1 saturated heterocycles. The average molecular weight is 318 g/mol. The monoisotopic (exact) mass is 318 g/mol. The van der Waals surface area contributed by atoms with Crippen LogP contribution in [-0.2, 0) is 11.3 Å². The molecule has 0 aromatic carbocycles. The first kappa shape index (κ1) is 15.7. The predicted molar refractivity (Wildman–Crippen MR) is 84.9 cm³/mol. The Balaban J connectivity index is 1.75. The summed E-state index contributed by atoms with van der Waals surface area (Å²) < 4.78 is 1.29. The Morgan fingerprint density at radius 3 is 2.87 bits per heavy atom. The molecule has 1 N–H and O–H groups in total. The maximum atomic E-state index is 12.5. The van der Waals surface area contributed by atoms with Gasteiger partial charge in [0.1, 0.15) is 6.33 Å². The lowest BCUT2D eigenvalue weighted by Crippen LogP contribution is -2.56. The molecule has 3 heterocycles. The zero-order valence-electron chi connectivity index (χ0n) is 13.7. The molecule has 0 bridgehead atoms. The standard InChI is InChI=1S/C15H22N6O2/c1-10(2)7-20-5-4-19(11(3)14(20)23)8-12-6-13(22)21-15(18-12)16-9-17-21/h6,9-11H,4-5,7-8H2,1-3H3,(H,16,17,18). The molecule has 1 unspecified atom stereocenters. The molecule has 1 aliphatic heterocycles. The number of H-pyrrole nitrogens is 1. The molecule has 1 fully saturated rings. The number of carbonyl (C=O) groups is 1. The zero-order valence-corrected chi connectivity index (χ0v) is 13.7. The van der Waals surface area contributed by atoms with Gasteiger partial charge in [0.2, 0.25) is 5.91 Å². The molecule has 2 aromatic heterocycles. The SMILES string of the molecule is CC(C)CN1CCN(Cc2cc(=O)n3[nH]cnc3n2)C(C)C1=O. The minimum Gasteiger partial charge on any atom is -0.340 e. The van der Waals surface area contributed by atoms with Crippen LogP contribution in [0.15, 0.2) is 17.2 Å². The van der Waals surface area contributed by atoms with Gasteiger partial charge in [-0.2, -0.15) is 4.52 Å². The minimum atomic E-state index is -0.207. The summed E-state index contributed by atoms with van der Waals surface area (Å²) in [4.78, 5) is 36.8. The topological polar surface area (TPSA) is 86.6 Å². The number of aromatic nitrogens is 4.